The van der Waals surface area contributed by atoms with Crippen molar-refractivity contribution < 1.29 is 33.0 Å². The topological polar surface area (TPSA) is 146 Å². The largest absolute Gasteiger partial charge is 0.478 e. The number of carboxylic acid groups (broad SMARTS) is 2. The van der Waals surface area contributed by atoms with Gasteiger partial charge in [-0.3, -0.25) is 0 Å². The van der Waals surface area contributed by atoms with Crippen LogP contribution in [0.5, 0.6) is 5.75 Å². The van der Waals surface area contributed by atoms with Gasteiger partial charge in [0.1, 0.15) is 5.75 Å². The Labute approximate surface area is 159 Å². The van der Waals surface area contributed by atoms with Crippen LogP contribution in [0.3, 0.4) is 0 Å². The van der Waals surface area contributed by atoms with Crippen molar-refractivity contribution in [2.75, 3.05) is 0 Å². The van der Waals surface area contributed by atoms with Crippen molar-refractivity contribution in [3.05, 3.63) is 60.3 Å². The Balaban J connectivity index is 1.76. The van der Waals surface area contributed by atoms with Crippen molar-refractivity contribution in [3.8, 4) is 5.75 Å². The van der Waals surface area contributed by atoms with Gasteiger partial charge in [-0.1, -0.05) is 18.2 Å². The molecule has 0 saturated carbocycles. The van der Waals surface area contributed by atoms with E-state index in [2.05, 4.69) is 9.71 Å². The molecule has 0 aliphatic rings. The number of carbonyl (C=O) groups is 2. The molecule has 0 fully saturated rings. The third kappa shape index (κ3) is 4.30. The molecular weight excluding hydrogens is 388 g/mol. The number of aromatic nitrogens is 1. The van der Waals surface area contributed by atoms with Crippen LogP contribution in [0.2, 0.25) is 0 Å². The van der Waals surface area contributed by atoms with E-state index >= 15 is 0 Å². The number of rotatable bonds is 8. The summed E-state index contributed by atoms with van der Waals surface area (Å²) < 4.78 is 32.0. The fraction of sp³-hybridized carbons (Fsp3) is 0.111. The first-order valence-corrected chi connectivity index (χ1v) is 9.53. The van der Waals surface area contributed by atoms with Gasteiger partial charge >= 0.3 is 11.9 Å². The molecule has 0 unspecified atom stereocenters. The fourth-order valence-electron chi connectivity index (χ4n) is 2.53. The molecule has 146 valence electrons. The normalized spacial score (nSPS) is 11.6. The summed E-state index contributed by atoms with van der Waals surface area (Å²) in [5, 5.41) is 18.5. The molecule has 0 aliphatic carbocycles. The van der Waals surface area contributed by atoms with E-state index in [-0.39, 0.29) is 17.2 Å². The van der Waals surface area contributed by atoms with Gasteiger partial charge in [-0.15, -0.1) is 0 Å². The average Bonchev–Trinajstić information content (AvgIpc) is 3.07. The Hall–Kier alpha value is -3.37. The minimum Gasteiger partial charge on any atom is -0.478 e. The molecule has 2 aromatic carbocycles. The van der Waals surface area contributed by atoms with Crippen LogP contribution in [0.15, 0.2) is 59.5 Å². The molecule has 1 heterocycles. The number of hydrogen-bond donors (Lipinski definition) is 4. The van der Waals surface area contributed by atoms with Gasteiger partial charge in [0.25, 0.3) is 6.10 Å². The minimum atomic E-state index is -3.66. The van der Waals surface area contributed by atoms with Crippen LogP contribution < -0.4 is 9.46 Å². The van der Waals surface area contributed by atoms with E-state index in [0.717, 1.165) is 5.39 Å². The molecule has 0 bridgehead atoms. The maximum absolute atomic E-state index is 12.3. The number of nitrogens with one attached hydrogen (secondary N) is 2. The quantitative estimate of drug-likeness (QED) is 0.417. The van der Waals surface area contributed by atoms with E-state index in [4.69, 9.17) is 14.9 Å². The molecule has 3 aromatic rings. The Morgan fingerprint density at radius 3 is 2.36 bits per heavy atom. The van der Waals surface area contributed by atoms with Crippen LogP contribution in [0.25, 0.3) is 10.9 Å². The predicted molar refractivity (Wildman–Crippen MR) is 98.5 cm³/mol. The fourth-order valence-corrected chi connectivity index (χ4v) is 3.56. The van der Waals surface area contributed by atoms with Crippen molar-refractivity contribution in [1.82, 2.24) is 9.71 Å². The van der Waals surface area contributed by atoms with E-state index < -0.39 is 28.1 Å². The first kappa shape index (κ1) is 19.4. The average molecular weight is 404 g/mol. The van der Waals surface area contributed by atoms with Gasteiger partial charge in [-0.2, -0.15) is 0 Å². The summed E-state index contributed by atoms with van der Waals surface area (Å²) >= 11 is 0. The van der Waals surface area contributed by atoms with E-state index in [1.54, 1.807) is 30.3 Å². The summed E-state index contributed by atoms with van der Waals surface area (Å²) in [4.78, 5) is 25.0. The number of hydrogen-bond acceptors (Lipinski definition) is 5. The standard InChI is InChI=1S/C18H16N2O7S/c21-17(22)16(18(23)24)27-13-7-6-11-8-12(20-15(11)9-13)10-19-28(25,26)14-4-2-1-3-5-14/h1-9,16,19-20H,10H2,(H,21,22)(H,23,24). The van der Waals surface area contributed by atoms with Crippen LogP contribution >= 0.6 is 0 Å². The lowest BCUT2D eigenvalue weighted by atomic mass is 10.2. The van der Waals surface area contributed by atoms with Crippen molar-refractivity contribution >= 4 is 32.9 Å². The number of H-pyrrole nitrogens is 1. The summed E-state index contributed by atoms with van der Waals surface area (Å²) in [5.74, 6) is -3.18. The van der Waals surface area contributed by atoms with Crippen molar-refractivity contribution in [1.29, 1.82) is 0 Å². The maximum Gasteiger partial charge on any atom is 0.356 e. The first-order valence-electron chi connectivity index (χ1n) is 8.05. The number of benzene rings is 2. The molecule has 28 heavy (non-hydrogen) atoms. The first-order chi connectivity index (χ1) is 13.3. The van der Waals surface area contributed by atoms with Crippen LogP contribution in [0, 0.1) is 0 Å². The summed E-state index contributed by atoms with van der Waals surface area (Å²) in [6, 6.07) is 14.2. The van der Waals surface area contributed by atoms with E-state index in [9.17, 15) is 18.0 Å². The molecule has 3 rings (SSSR count). The summed E-state index contributed by atoms with van der Waals surface area (Å²) in [5.41, 5.74) is 1.11. The van der Waals surface area contributed by atoms with Crippen LogP contribution in [-0.4, -0.2) is 41.7 Å². The van der Waals surface area contributed by atoms with E-state index in [1.165, 1.54) is 24.3 Å². The van der Waals surface area contributed by atoms with Gasteiger partial charge in [0.2, 0.25) is 10.0 Å². The van der Waals surface area contributed by atoms with Gasteiger partial charge in [-0.25, -0.2) is 22.7 Å². The zero-order valence-corrected chi connectivity index (χ0v) is 15.1. The lowest BCUT2D eigenvalue weighted by Crippen LogP contribution is -2.35. The molecule has 4 N–H and O–H groups in total. The Morgan fingerprint density at radius 1 is 1.04 bits per heavy atom. The highest BCUT2D eigenvalue weighted by Gasteiger charge is 2.28. The molecule has 0 aliphatic heterocycles. The second-order valence-corrected chi connectivity index (χ2v) is 7.62. The SMILES string of the molecule is O=C(O)C(Oc1ccc2cc(CNS(=O)(=O)c3ccccc3)[nH]c2c1)C(=O)O. The molecule has 1 aromatic heterocycles. The predicted octanol–water partition coefficient (Wildman–Crippen LogP) is 1.56. The van der Waals surface area contributed by atoms with Crippen LogP contribution in [0.4, 0.5) is 0 Å². The molecule has 0 saturated heterocycles. The zero-order chi connectivity index (χ0) is 20.3. The van der Waals surface area contributed by atoms with E-state index in [1.807, 2.05) is 0 Å². The monoisotopic (exact) mass is 404 g/mol. The van der Waals surface area contributed by atoms with Crippen LogP contribution in [-0.2, 0) is 26.2 Å². The lowest BCUT2D eigenvalue weighted by molar-refractivity contribution is -0.159. The van der Waals surface area contributed by atoms with Gasteiger partial charge in [0, 0.05) is 17.3 Å². The highest BCUT2D eigenvalue weighted by Crippen LogP contribution is 2.23. The Morgan fingerprint density at radius 2 is 1.71 bits per heavy atom. The number of aliphatic carboxylic acids is 2. The minimum absolute atomic E-state index is 0.00890. The second kappa shape index (κ2) is 7.71. The molecule has 10 heteroatoms. The zero-order valence-electron chi connectivity index (χ0n) is 14.3. The van der Waals surface area contributed by atoms with Gasteiger partial charge in [-0.05, 0) is 35.7 Å². The number of carboxylic acids is 2. The van der Waals surface area contributed by atoms with Gasteiger partial charge < -0.3 is 19.9 Å². The van der Waals surface area contributed by atoms with Crippen molar-refractivity contribution in [2.24, 2.45) is 0 Å². The number of ether oxygens (including phenoxy) is 1. The summed E-state index contributed by atoms with van der Waals surface area (Å²) in [6.07, 6.45) is -2.02. The number of sulfonamides is 1. The molecule has 9 nitrogen and oxygen atoms in total. The van der Waals surface area contributed by atoms with Crippen molar-refractivity contribution in [3.63, 3.8) is 0 Å². The highest BCUT2D eigenvalue weighted by atomic mass is 32.2. The second-order valence-electron chi connectivity index (χ2n) is 5.86. The van der Waals surface area contributed by atoms with Crippen molar-refractivity contribution in [2.45, 2.75) is 17.5 Å². The smallest absolute Gasteiger partial charge is 0.356 e. The van der Waals surface area contributed by atoms with Gasteiger partial charge in [0.05, 0.1) is 11.4 Å². The number of aromatic amines is 1. The number of fused-ring (bicyclic) bond motifs is 1. The summed E-state index contributed by atoms with van der Waals surface area (Å²) in [6.45, 7) is 0.00890. The Bertz CT molecular complexity index is 1110. The third-order valence-corrected chi connectivity index (χ3v) is 5.28. The molecule has 0 spiro atoms. The summed E-state index contributed by atoms with van der Waals surface area (Å²) in [7, 11) is -3.66. The third-order valence-electron chi connectivity index (χ3n) is 3.86. The van der Waals surface area contributed by atoms with E-state index in [0.29, 0.717) is 11.2 Å². The molecule has 0 atom stereocenters. The molecule has 0 amide bonds. The lowest BCUT2D eigenvalue weighted by Gasteiger charge is -2.10. The highest BCUT2D eigenvalue weighted by molar-refractivity contribution is 7.89. The Kier molecular flexibility index (Phi) is 5.34. The van der Waals surface area contributed by atoms with Gasteiger partial charge in [0.15, 0.2) is 0 Å². The maximum atomic E-state index is 12.3. The molecular formula is C18H16N2O7S. The van der Waals surface area contributed by atoms with Crippen LogP contribution in [0.1, 0.15) is 5.69 Å². The molecule has 0 radical (unpaired) electrons.